The first-order chi connectivity index (χ1) is 12.4. The molecular formula is C20H16F3NO2. The van der Waals surface area contributed by atoms with Gasteiger partial charge >= 0.3 is 6.18 Å². The lowest BCUT2D eigenvalue weighted by molar-refractivity contribution is -0.137. The van der Waals surface area contributed by atoms with Gasteiger partial charge in [0.1, 0.15) is 5.75 Å². The molecule has 0 saturated carbocycles. The Hall–Kier alpha value is -3.02. The maximum atomic E-state index is 12.7. The van der Waals surface area contributed by atoms with Crippen molar-refractivity contribution in [1.82, 2.24) is 5.32 Å². The van der Waals surface area contributed by atoms with Gasteiger partial charge in [-0.2, -0.15) is 13.2 Å². The van der Waals surface area contributed by atoms with Gasteiger partial charge in [0, 0.05) is 11.9 Å². The van der Waals surface area contributed by atoms with Crippen molar-refractivity contribution < 1.29 is 22.7 Å². The Morgan fingerprint density at radius 3 is 2.50 bits per heavy atom. The molecule has 0 fully saturated rings. The van der Waals surface area contributed by atoms with E-state index in [1.807, 2.05) is 36.4 Å². The van der Waals surface area contributed by atoms with Crippen molar-refractivity contribution in [2.75, 3.05) is 6.61 Å². The van der Waals surface area contributed by atoms with Gasteiger partial charge in [0.2, 0.25) is 0 Å². The fraction of sp³-hybridized carbons (Fsp3) is 0.150. The van der Waals surface area contributed by atoms with E-state index in [9.17, 15) is 18.0 Å². The van der Waals surface area contributed by atoms with Crippen LogP contribution in [0.2, 0.25) is 0 Å². The topological polar surface area (TPSA) is 38.3 Å². The second-order valence-electron chi connectivity index (χ2n) is 5.74. The molecule has 0 aliphatic rings. The Morgan fingerprint density at radius 2 is 1.69 bits per heavy atom. The number of carbonyl (C=O) groups excluding carboxylic acids is 1. The van der Waals surface area contributed by atoms with Gasteiger partial charge in [0.05, 0.1) is 5.56 Å². The van der Waals surface area contributed by atoms with E-state index < -0.39 is 17.6 Å². The third-order valence-corrected chi connectivity index (χ3v) is 3.85. The minimum atomic E-state index is -4.41. The minimum absolute atomic E-state index is 0.00164. The summed E-state index contributed by atoms with van der Waals surface area (Å²) >= 11 is 0. The summed E-state index contributed by atoms with van der Waals surface area (Å²) in [5.74, 6) is 0.174. The molecule has 1 N–H and O–H groups in total. The van der Waals surface area contributed by atoms with E-state index in [1.54, 1.807) is 6.07 Å². The number of amides is 1. The number of alkyl halides is 3. The van der Waals surface area contributed by atoms with Crippen molar-refractivity contribution in [2.24, 2.45) is 0 Å². The molecule has 0 atom stereocenters. The Bertz CT molecular complexity index is 917. The lowest BCUT2D eigenvalue weighted by Crippen LogP contribution is -2.28. The Morgan fingerprint density at radius 1 is 0.962 bits per heavy atom. The van der Waals surface area contributed by atoms with Crippen LogP contribution in [0.3, 0.4) is 0 Å². The van der Waals surface area contributed by atoms with Crippen LogP contribution in [-0.2, 0) is 17.5 Å². The van der Waals surface area contributed by atoms with Crippen molar-refractivity contribution in [3.63, 3.8) is 0 Å². The lowest BCUT2D eigenvalue weighted by Gasteiger charge is -2.11. The third kappa shape index (κ3) is 4.33. The monoisotopic (exact) mass is 359 g/mol. The minimum Gasteiger partial charge on any atom is -0.483 e. The molecule has 3 aromatic rings. The van der Waals surface area contributed by atoms with E-state index in [0.29, 0.717) is 11.3 Å². The molecule has 0 aliphatic carbocycles. The predicted octanol–water partition coefficient (Wildman–Crippen LogP) is 4.55. The average molecular weight is 359 g/mol. The number of rotatable bonds is 5. The number of ether oxygens (including phenoxy) is 1. The SMILES string of the molecule is O=C(COc1cccc2ccccc12)NCc1cccc(C(F)(F)F)c1. The fourth-order valence-electron chi connectivity index (χ4n) is 2.57. The molecule has 0 radical (unpaired) electrons. The Balaban J connectivity index is 1.58. The molecule has 0 saturated heterocycles. The first-order valence-electron chi connectivity index (χ1n) is 7.97. The first-order valence-corrected chi connectivity index (χ1v) is 7.97. The van der Waals surface area contributed by atoms with Crippen LogP contribution < -0.4 is 10.1 Å². The zero-order chi connectivity index (χ0) is 18.6. The zero-order valence-electron chi connectivity index (χ0n) is 13.7. The quantitative estimate of drug-likeness (QED) is 0.726. The highest BCUT2D eigenvalue weighted by molar-refractivity contribution is 5.88. The summed E-state index contributed by atoms with van der Waals surface area (Å²) in [6.07, 6.45) is -4.41. The van der Waals surface area contributed by atoms with E-state index >= 15 is 0 Å². The number of benzene rings is 3. The van der Waals surface area contributed by atoms with Crippen molar-refractivity contribution >= 4 is 16.7 Å². The number of hydrogen-bond acceptors (Lipinski definition) is 2. The number of carbonyl (C=O) groups is 1. The fourth-order valence-corrected chi connectivity index (χ4v) is 2.57. The molecule has 134 valence electrons. The van der Waals surface area contributed by atoms with Crippen LogP contribution in [0.5, 0.6) is 5.75 Å². The van der Waals surface area contributed by atoms with Crippen LogP contribution >= 0.6 is 0 Å². The summed E-state index contributed by atoms with van der Waals surface area (Å²) in [4.78, 5) is 11.9. The summed E-state index contributed by atoms with van der Waals surface area (Å²) in [5, 5.41) is 4.45. The highest BCUT2D eigenvalue weighted by Gasteiger charge is 2.30. The summed E-state index contributed by atoms with van der Waals surface area (Å²) in [6.45, 7) is -0.214. The molecule has 0 unspecified atom stereocenters. The van der Waals surface area contributed by atoms with Crippen LogP contribution in [0.25, 0.3) is 10.8 Å². The molecule has 0 heterocycles. The van der Waals surface area contributed by atoms with E-state index in [-0.39, 0.29) is 13.2 Å². The number of hydrogen-bond donors (Lipinski definition) is 1. The third-order valence-electron chi connectivity index (χ3n) is 3.85. The van der Waals surface area contributed by atoms with Crippen molar-refractivity contribution in [3.05, 3.63) is 77.9 Å². The van der Waals surface area contributed by atoms with Crippen LogP contribution in [0, 0.1) is 0 Å². The normalized spacial score (nSPS) is 11.3. The Labute approximate surface area is 148 Å². The Kier molecular flexibility index (Phi) is 5.11. The van der Waals surface area contributed by atoms with Crippen LogP contribution in [-0.4, -0.2) is 12.5 Å². The predicted molar refractivity (Wildman–Crippen MR) is 92.7 cm³/mol. The van der Waals surface area contributed by atoms with E-state index in [4.69, 9.17) is 4.74 Å². The van der Waals surface area contributed by atoms with Gasteiger partial charge in [0.25, 0.3) is 5.91 Å². The summed E-state index contributed by atoms with van der Waals surface area (Å²) in [7, 11) is 0. The smallest absolute Gasteiger partial charge is 0.416 e. The van der Waals surface area contributed by atoms with Gasteiger partial charge in [0.15, 0.2) is 6.61 Å². The summed E-state index contributed by atoms with van der Waals surface area (Å²) in [5.41, 5.74) is -0.366. The van der Waals surface area contributed by atoms with Crippen molar-refractivity contribution in [1.29, 1.82) is 0 Å². The maximum absolute atomic E-state index is 12.7. The van der Waals surface area contributed by atoms with Gasteiger partial charge in [-0.05, 0) is 29.1 Å². The summed E-state index contributed by atoms with van der Waals surface area (Å²) in [6, 6.07) is 18.0. The molecule has 3 aromatic carbocycles. The standard InChI is InChI=1S/C20H16F3NO2/c21-20(22,23)16-8-3-5-14(11-16)12-24-19(25)13-26-18-10-4-7-15-6-1-2-9-17(15)18/h1-11H,12-13H2,(H,24,25). The van der Waals surface area contributed by atoms with Crippen molar-refractivity contribution in [2.45, 2.75) is 12.7 Å². The molecule has 6 heteroatoms. The van der Waals surface area contributed by atoms with Gasteiger partial charge in [-0.25, -0.2) is 0 Å². The molecule has 3 rings (SSSR count). The maximum Gasteiger partial charge on any atom is 0.416 e. The number of nitrogens with one attached hydrogen (secondary N) is 1. The van der Waals surface area contributed by atoms with E-state index in [2.05, 4.69) is 5.32 Å². The van der Waals surface area contributed by atoms with Gasteiger partial charge < -0.3 is 10.1 Å². The molecule has 0 spiro atoms. The second-order valence-corrected chi connectivity index (χ2v) is 5.74. The number of halogens is 3. The van der Waals surface area contributed by atoms with Crippen molar-refractivity contribution in [3.8, 4) is 5.75 Å². The van der Waals surface area contributed by atoms with E-state index in [0.717, 1.165) is 22.9 Å². The van der Waals surface area contributed by atoms with Gasteiger partial charge in [-0.15, -0.1) is 0 Å². The number of fused-ring (bicyclic) bond motifs is 1. The van der Waals surface area contributed by atoms with E-state index in [1.165, 1.54) is 12.1 Å². The molecule has 3 nitrogen and oxygen atoms in total. The highest BCUT2D eigenvalue weighted by Crippen LogP contribution is 2.29. The zero-order valence-corrected chi connectivity index (χ0v) is 13.7. The molecule has 26 heavy (non-hydrogen) atoms. The molecular weight excluding hydrogens is 343 g/mol. The second kappa shape index (κ2) is 7.47. The molecule has 0 aliphatic heterocycles. The molecule has 1 amide bonds. The molecule has 0 aromatic heterocycles. The van der Waals surface area contributed by atoms with Crippen LogP contribution in [0.4, 0.5) is 13.2 Å². The molecule has 0 bridgehead atoms. The largest absolute Gasteiger partial charge is 0.483 e. The summed E-state index contributed by atoms with van der Waals surface area (Å²) < 4.78 is 43.6. The first kappa shape index (κ1) is 17.8. The average Bonchev–Trinajstić information content (AvgIpc) is 2.64. The van der Waals surface area contributed by atoms with Gasteiger partial charge in [-0.3, -0.25) is 4.79 Å². The van der Waals surface area contributed by atoms with Crippen LogP contribution in [0.15, 0.2) is 66.7 Å². The van der Waals surface area contributed by atoms with Crippen LogP contribution in [0.1, 0.15) is 11.1 Å². The lowest BCUT2D eigenvalue weighted by atomic mass is 10.1. The highest BCUT2D eigenvalue weighted by atomic mass is 19.4. The van der Waals surface area contributed by atoms with Gasteiger partial charge in [-0.1, -0.05) is 48.5 Å².